The summed E-state index contributed by atoms with van der Waals surface area (Å²) in [5, 5.41) is 3.53. The second-order valence-corrected chi connectivity index (χ2v) is 5.13. The molecule has 1 aromatic carbocycles. The van der Waals surface area contributed by atoms with Gasteiger partial charge in [0.2, 0.25) is 0 Å². The number of ether oxygens (including phenoxy) is 2. The van der Waals surface area contributed by atoms with Gasteiger partial charge in [-0.15, -0.1) is 0 Å². The topological polar surface area (TPSA) is 56.5 Å². The highest BCUT2D eigenvalue weighted by Gasteiger charge is 2.21. The smallest absolute Gasteiger partial charge is 0.163 e. The molecule has 4 nitrogen and oxygen atoms in total. The van der Waals surface area contributed by atoms with Gasteiger partial charge in [0.15, 0.2) is 11.5 Å². The fourth-order valence-electron chi connectivity index (χ4n) is 2.64. The SMILES string of the molecule is NC1CCC(Nc2ccc3c(c2)OCCCO3)C1. The largest absolute Gasteiger partial charge is 0.490 e. The molecule has 1 aliphatic heterocycles. The molecule has 0 amide bonds. The number of hydrogen-bond donors (Lipinski definition) is 2. The first-order chi connectivity index (χ1) is 8.81. The van der Waals surface area contributed by atoms with Crippen LogP contribution in [0.2, 0.25) is 0 Å². The first-order valence-electron chi connectivity index (χ1n) is 6.73. The molecule has 18 heavy (non-hydrogen) atoms. The van der Waals surface area contributed by atoms with Crippen LogP contribution in [0.4, 0.5) is 5.69 Å². The van der Waals surface area contributed by atoms with E-state index in [1.54, 1.807) is 0 Å². The summed E-state index contributed by atoms with van der Waals surface area (Å²) in [6.45, 7) is 1.46. The molecule has 2 atom stereocenters. The first-order valence-corrected chi connectivity index (χ1v) is 6.73. The van der Waals surface area contributed by atoms with E-state index in [2.05, 4.69) is 11.4 Å². The molecule has 1 fully saturated rings. The highest BCUT2D eigenvalue weighted by molar-refractivity contribution is 5.55. The van der Waals surface area contributed by atoms with Crippen molar-refractivity contribution in [3.8, 4) is 11.5 Å². The highest BCUT2D eigenvalue weighted by Crippen LogP contribution is 2.33. The standard InChI is InChI=1S/C14H20N2O2/c15-10-2-3-11(8-10)16-12-4-5-13-14(9-12)18-7-1-6-17-13/h4-5,9-11,16H,1-3,6-8,15H2. The van der Waals surface area contributed by atoms with E-state index in [9.17, 15) is 0 Å². The lowest BCUT2D eigenvalue weighted by Crippen LogP contribution is -2.20. The number of nitrogens with two attached hydrogens (primary N) is 1. The second-order valence-electron chi connectivity index (χ2n) is 5.13. The molecule has 0 spiro atoms. The van der Waals surface area contributed by atoms with E-state index in [-0.39, 0.29) is 0 Å². The quantitative estimate of drug-likeness (QED) is 0.842. The zero-order valence-electron chi connectivity index (χ0n) is 10.5. The Balaban J connectivity index is 1.71. The van der Waals surface area contributed by atoms with Gasteiger partial charge in [-0.2, -0.15) is 0 Å². The monoisotopic (exact) mass is 248 g/mol. The van der Waals surface area contributed by atoms with E-state index >= 15 is 0 Å². The van der Waals surface area contributed by atoms with Crippen molar-refractivity contribution in [3.05, 3.63) is 18.2 Å². The zero-order chi connectivity index (χ0) is 12.4. The highest BCUT2D eigenvalue weighted by atomic mass is 16.5. The molecular formula is C14H20N2O2. The summed E-state index contributed by atoms with van der Waals surface area (Å²) in [6, 6.07) is 6.91. The summed E-state index contributed by atoms with van der Waals surface area (Å²) in [5.74, 6) is 1.70. The number of benzene rings is 1. The van der Waals surface area contributed by atoms with Crippen LogP contribution >= 0.6 is 0 Å². The molecule has 0 bridgehead atoms. The van der Waals surface area contributed by atoms with Gasteiger partial charge in [-0.25, -0.2) is 0 Å². The molecule has 1 heterocycles. The van der Waals surface area contributed by atoms with Gasteiger partial charge < -0.3 is 20.5 Å². The Bertz CT molecular complexity index is 422. The van der Waals surface area contributed by atoms with Crippen molar-refractivity contribution in [2.24, 2.45) is 5.73 Å². The van der Waals surface area contributed by atoms with Gasteiger partial charge in [0.1, 0.15) is 0 Å². The number of hydrogen-bond acceptors (Lipinski definition) is 4. The van der Waals surface area contributed by atoms with Crippen molar-refractivity contribution in [2.75, 3.05) is 18.5 Å². The summed E-state index contributed by atoms with van der Waals surface area (Å²) >= 11 is 0. The first kappa shape index (κ1) is 11.7. The maximum absolute atomic E-state index is 5.93. The Hall–Kier alpha value is -1.42. The zero-order valence-corrected chi connectivity index (χ0v) is 10.5. The molecule has 1 aromatic rings. The van der Waals surface area contributed by atoms with E-state index in [1.807, 2.05) is 12.1 Å². The third-order valence-corrected chi connectivity index (χ3v) is 3.59. The maximum atomic E-state index is 5.93. The third kappa shape index (κ3) is 2.53. The van der Waals surface area contributed by atoms with Crippen LogP contribution in [0.3, 0.4) is 0 Å². The van der Waals surface area contributed by atoms with Crippen LogP contribution in [0.1, 0.15) is 25.7 Å². The third-order valence-electron chi connectivity index (χ3n) is 3.59. The van der Waals surface area contributed by atoms with Crippen LogP contribution in [0.15, 0.2) is 18.2 Å². The molecule has 2 aliphatic rings. The van der Waals surface area contributed by atoms with Crippen LogP contribution in [-0.4, -0.2) is 25.3 Å². The Kier molecular flexibility index (Phi) is 3.28. The molecule has 1 saturated carbocycles. The number of fused-ring (bicyclic) bond motifs is 1. The fourth-order valence-corrected chi connectivity index (χ4v) is 2.64. The van der Waals surface area contributed by atoms with Crippen molar-refractivity contribution < 1.29 is 9.47 Å². The average molecular weight is 248 g/mol. The Morgan fingerprint density at radius 1 is 1.11 bits per heavy atom. The van der Waals surface area contributed by atoms with Gasteiger partial charge in [-0.05, 0) is 31.4 Å². The van der Waals surface area contributed by atoms with E-state index in [0.29, 0.717) is 12.1 Å². The summed E-state index contributed by atoms with van der Waals surface area (Å²) in [7, 11) is 0. The number of nitrogens with one attached hydrogen (secondary N) is 1. The van der Waals surface area contributed by atoms with Gasteiger partial charge in [0.05, 0.1) is 13.2 Å². The Morgan fingerprint density at radius 3 is 2.72 bits per heavy atom. The lowest BCUT2D eigenvalue weighted by atomic mass is 10.2. The van der Waals surface area contributed by atoms with Gasteiger partial charge in [-0.3, -0.25) is 0 Å². The van der Waals surface area contributed by atoms with Gasteiger partial charge >= 0.3 is 0 Å². The molecule has 0 aromatic heterocycles. The number of rotatable bonds is 2. The predicted octanol–water partition coefficient (Wildman–Crippen LogP) is 2.14. The minimum absolute atomic E-state index is 0.350. The summed E-state index contributed by atoms with van der Waals surface area (Å²) in [5.41, 5.74) is 7.02. The normalized spacial score (nSPS) is 26.7. The van der Waals surface area contributed by atoms with Crippen molar-refractivity contribution in [3.63, 3.8) is 0 Å². The molecule has 98 valence electrons. The van der Waals surface area contributed by atoms with Crippen molar-refractivity contribution in [1.82, 2.24) is 0 Å². The molecular weight excluding hydrogens is 228 g/mol. The maximum Gasteiger partial charge on any atom is 0.163 e. The lowest BCUT2D eigenvalue weighted by molar-refractivity contribution is 0.297. The molecule has 3 rings (SSSR count). The minimum atomic E-state index is 0.350. The molecule has 0 saturated heterocycles. The van der Waals surface area contributed by atoms with Gasteiger partial charge in [0.25, 0.3) is 0 Å². The molecule has 0 radical (unpaired) electrons. The van der Waals surface area contributed by atoms with Crippen LogP contribution in [-0.2, 0) is 0 Å². The van der Waals surface area contributed by atoms with Gasteiger partial charge in [-0.1, -0.05) is 0 Å². The molecule has 3 N–H and O–H groups in total. The van der Waals surface area contributed by atoms with Gasteiger partial charge in [0, 0.05) is 30.3 Å². The average Bonchev–Trinajstić information content (AvgIpc) is 2.64. The van der Waals surface area contributed by atoms with Crippen molar-refractivity contribution >= 4 is 5.69 Å². The molecule has 4 heteroatoms. The van der Waals surface area contributed by atoms with Crippen molar-refractivity contribution in [2.45, 2.75) is 37.8 Å². The van der Waals surface area contributed by atoms with E-state index in [0.717, 1.165) is 56.1 Å². The summed E-state index contributed by atoms with van der Waals surface area (Å²) < 4.78 is 11.3. The number of anilines is 1. The van der Waals surface area contributed by atoms with Crippen LogP contribution in [0.25, 0.3) is 0 Å². The molecule has 1 aliphatic carbocycles. The van der Waals surface area contributed by atoms with E-state index < -0.39 is 0 Å². The van der Waals surface area contributed by atoms with E-state index in [4.69, 9.17) is 15.2 Å². The van der Waals surface area contributed by atoms with Crippen LogP contribution in [0, 0.1) is 0 Å². The van der Waals surface area contributed by atoms with Crippen molar-refractivity contribution in [1.29, 1.82) is 0 Å². The summed E-state index contributed by atoms with van der Waals surface area (Å²) in [6.07, 6.45) is 4.25. The minimum Gasteiger partial charge on any atom is -0.490 e. The lowest BCUT2D eigenvalue weighted by Gasteiger charge is -2.15. The second kappa shape index (κ2) is 5.06. The molecule has 2 unspecified atom stereocenters. The Labute approximate surface area is 107 Å². The summed E-state index contributed by atoms with van der Waals surface area (Å²) in [4.78, 5) is 0. The predicted molar refractivity (Wildman–Crippen MR) is 71.3 cm³/mol. The van der Waals surface area contributed by atoms with E-state index in [1.165, 1.54) is 0 Å². The Morgan fingerprint density at radius 2 is 1.94 bits per heavy atom. The van der Waals surface area contributed by atoms with Crippen LogP contribution < -0.4 is 20.5 Å². The van der Waals surface area contributed by atoms with Crippen LogP contribution in [0.5, 0.6) is 11.5 Å². The fraction of sp³-hybridized carbons (Fsp3) is 0.571.